The topological polar surface area (TPSA) is 51.2 Å². The molecule has 4 heterocycles. The van der Waals surface area contributed by atoms with Crippen LogP contribution in [0.25, 0.3) is 6.08 Å². The Bertz CT molecular complexity index is 1280. The molecule has 0 aromatic heterocycles. The first kappa shape index (κ1) is 29.4. The van der Waals surface area contributed by atoms with Crippen molar-refractivity contribution in [3.8, 4) is 0 Å². The number of fused-ring (bicyclic) bond motifs is 2. The van der Waals surface area contributed by atoms with E-state index in [2.05, 4.69) is 65.6 Å². The summed E-state index contributed by atoms with van der Waals surface area (Å²) in [5, 5.41) is 1.24. The molecule has 2 saturated heterocycles. The fraction of sp³-hybridized carbons (Fsp3) is 0.385. The van der Waals surface area contributed by atoms with Crippen LogP contribution in [0.2, 0.25) is 0 Å². The van der Waals surface area contributed by atoms with E-state index in [-0.39, 0.29) is 0 Å². The molecule has 2 fully saturated rings. The molecule has 3 atom stereocenters. The molecule has 6 nitrogen and oxygen atoms in total. The minimum absolute atomic E-state index is 0.299. The van der Waals surface area contributed by atoms with Crippen molar-refractivity contribution in [2.45, 2.75) is 17.1 Å². The van der Waals surface area contributed by atoms with Crippen LogP contribution in [0.5, 0.6) is 0 Å². The van der Waals surface area contributed by atoms with Crippen molar-refractivity contribution < 1.29 is 49.0 Å². The van der Waals surface area contributed by atoms with E-state index >= 15 is 0 Å². The summed E-state index contributed by atoms with van der Waals surface area (Å²) in [6.07, 6.45) is 5.25. The number of allylic oxidation sites excluding steroid dienone is 1. The average molecular weight is 611 g/mol. The summed E-state index contributed by atoms with van der Waals surface area (Å²) in [5.41, 5.74) is 5.13. The normalized spacial score (nSPS) is 25.4. The Morgan fingerprint density at radius 1 is 0.900 bits per heavy atom. The number of hydrogen-bond donors (Lipinski definition) is 1. The van der Waals surface area contributed by atoms with Crippen LogP contribution in [0.4, 0.5) is 36.6 Å². The van der Waals surface area contributed by atoms with E-state index in [0.29, 0.717) is 38.6 Å². The second-order valence-corrected chi connectivity index (χ2v) is 12.6. The number of nitrogens with one attached hydrogen (secondary N) is 1. The fourth-order valence-electron chi connectivity index (χ4n) is 4.33. The molecule has 0 amide bonds. The number of quaternary nitrogens is 1. The maximum atomic E-state index is 9.87. The summed E-state index contributed by atoms with van der Waals surface area (Å²) >= 11 is 1.83. The number of epoxide rings is 2. The third kappa shape index (κ3) is 9.47. The quantitative estimate of drug-likeness (QED) is 0.141. The van der Waals surface area contributed by atoms with Gasteiger partial charge in [0.25, 0.3) is 0 Å². The van der Waals surface area contributed by atoms with Gasteiger partial charge in [0.05, 0.1) is 50.4 Å². The number of ether oxygens (including phenoxy) is 4. The molecular weight excluding hydrogens is 581 g/mol. The van der Waals surface area contributed by atoms with Crippen LogP contribution in [0.1, 0.15) is 5.56 Å². The molecule has 2 aromatic carbocycles. The third-order valence-corrected chi connectivity index (χ3v) is 7.34. The third-order valence-electron chi connectivity index (χ3n) is 6.23. The summed E-state index contributed by atoms with van der Waals surface area (Å²) in [6.45, 7) is 6.15. The van der Waals surface area contributed by atoms with Crippen LogP contribution < -0.4 is 9.80 Å². The number of benzene rings is 2. The molecule has 0 saturated carbocycles. The summed E-state index contributed by atoms with van der Waals surface area (Å²) in [4.78, 5) is 5.03. The number of nitrogens with zero attached hydrogens (tertiary/aromatic N) is 1. The number of rotatable bonds is 11. The van der Waals surface area contributed by atoms with Gasteiger partial charge in [-0.25, -0.2) is 0 Å². The maximum absolute atomic E-state index is 10.7. The zero-order chi connectivity index (χ0) is 28.4. The summed E-state index contributed by atoms with van der Waals surface area (Å²) in [6, 6.07) is 17.3. The van der Waals surface area contributed by atoms with Crippen molar-refractivity contribution in [2.75, 3.05) is 57.6 Å². The predicted molar refractivity (Wildman–Crippen MR) is 142 cm³/mol. The Balaban J connectivity index is 0.000000411. The van der Waals surface area contributed by atoms with Crippen molar-refractivity contribution >= 4 is 37.0 Å². The van der Waals surface area contributed by atoms with Crippen LogP contribution in [0.15, 0.2) is 70.2 Å². The van der Waals surface area contributed by atoms with Crippen LogP contribution >= 0.6 is 19.6 Å². The number of hydrogen-bond acceptors (Lipinski definition) is 6. The van der Waals surface area contributed by atoms with Crippen molar-refractivity contribution in [1.29, 1.82) is 0 Å². The van der Waals surface area contributed by atoms with Crippen molar-refractivity contribution in [3.63, 3.8) is 0 Å². The molecule has 2 aromatic rings. The molecule has 40 heavy (non-hydrogen) atoms. The molecule has 3 unspecified atom stereocenters. The predicted octanol–water partition coefficient (Wildman–Crippen LogP) is 6.22. The van der Waals surface area contributed by atoms with Crippen LogP contribution in [-0.2, 0) is 18.9 Å². The van der Waals surface area contributed by atoms with Crippen LogP contribution in [0, 0.1) is 0 Å². The molecule has 4 aliphatic rings. The van der Waals surface area contributed by atoms with Crippen molar-refractivity contribution in [1.82, 2.24) is 0 Å². The molecule has 0 spiro atoms. The number of anilines is 1. The van der Waals surface area contributed by atoms with Gasteiger partial charge in [0.15, 0.2) is 0 Å². The van der Waals surface area contributed by atoms with Gasteiger partial charge in [0, 0.05) is 35.2 Å². The van der Waals surface area contributed by atoms with Gasteiger partial charge in [0.2, 0.25) is 0 Å². The van der Waals surface area contributed by atoms with Gasteiger partial charge in [-0.15, -0.1) is 0 Å². The Morgan fingerprint density at radius 3 is 2.17 bits per heavy atom. The zero-order valence-corrected chi connectivity index (χ0v) is 23.0. The summed E-state index contributed by atoms with van der Waals surface area (Å²) in [5.74, 6) is 0. The van der Waals surface area contributed by atoms with E-state index < -0.39 is 7.81 Å². The first-order chi connectivity index (χ1) is 18.8. The number of para-hydroxylation sites is 2. The molecular formula is C26H29F6N2O4PS. The first-order valence-electron chi connectivity index (χ1n) is 12.7. The van der Waals surface area contributed by atoms with E-state index in [1.165, 1.54) is 37.5 Å². The first-order valence-corrected chi connectivity index (χ1v) is 15.5. The van der Waals surface area contributed by atoms with Crippen LogP contribution in [-0.4, -0.2) is 64.9 Å². The van der Waals surface area contributed by atoms with E-state index in [1.54, 1.807) is 0 Å². The minimum atomic E-state index is -10.7. The van der Waals surface area contributed by atoms with Gasteiger partial charge < -0.3 is 23.8 Å². The monoisotopic (exact) mass is 610 g/mol. The van der Waals surface area contributed by atoms with Crippen molar-refractivity contribution in [3.05, 3.63) is 70.9 Å². The van der Waals surface area contributed by atoms with Gasteiger partial charge in [-0.3, -0.25) is 4.90 Å². The zero-order valence-electron chi connectivity index (χ0n) is 21.3. The summed E-state index contributed by atoms with van der Waals surface area (Å²) < 4.78 is 81.5. The van der Waals surface area contributed by atoms with Crippen molar-refractivity contribution in [2.24, 2.45) is 0 Å². The molecule has 14 heteroatoms. The second kappa shape index (κ2) is 10.9. The number of thioether (sulfide) groups is 1. The molecule has 0 bridgehead atoms. The average Bonchev–Trinajstić information content (AvgIpc) is 3.79. The summed E-state index contributed by atoms with van der Waals surface area (Å²) in [7, 11) is -10.7. The van der Waals surface area contributed by atoms with Crippen LogP contribution in [0.3, 0.4) is 0 Å². The van der Waals surface area contributed by atoms with Gasteiger partial charge in [-0.2, -0.15) is 0 Å². The molecule has 0 aliphatic carbocycles. The molecule has 6 rings (SSSR count). The molecule has 0 radical (unpaired) electrons. The second-order valence-electron chi connectivity index (χ2n) is 9.64. The Labute approximate surface area is 231 Å². The van der Waals surface area contributed by atoms with Gasteiger partial charge in [-0.05, 0) is 18.2 Å². The van der Waals surface area contributed by atoms with E-state index in [9.17, 15) is 25.2 Å². The van der Waals surface area contributed by atoms with Gasteiger partial charge in [0.1, 0.15) is 30.1 Å². The van der Waals surface area contributed by atoms with Gasteiger partial charge in [-0.1, -0.05) is 36.0 Å². The number of halogens is 6. The van der Waals surface area contributed by atoms with E-state index in [4.69, 9.17) is 18.9 Å². The Hall–Kier alpha value is -2.12. The SMILES string of the molecule is C(=C1Sc2ccccc2N1CCOCC1CO1)C1=Cc2ccccc2[NH+]1CCOCC1CO1.F[P-](F)(F)(F)(F)F. The van der Waals surface area contributed by atoms with E-state index in [1.807, 2.05) is 11.8 Å². The fourth-order valence-corrected chi connectivity index (χ4v) is 5.47. The Morgan fingerprint density at radius 2 is 1.50 bits per heavy atom. The molecule has 1 N–H and O–H groups in total. The standard InChI is InChI=1S/C26H28N2O4S.F6P/c1-2-6-23-19(5-1)13-20(27(23)9-11-29-15-21-17-31-21)14-26-28(10-12-30-16-22-18-32-22)24-7-3-4-8-25(24)33-26;1-7(2,3,4,5)6/h1-8,13-14,21-22H,9-12,15-18H2;/q;-1/p+1. The Kier molecular flexibility index (Phi) is 8.03. The van der Waals surface area contributed by atoms with Gasteiger partial charge >= 0.3 is 33.0 Å². The molecule has 4 aliphatic heterocycles. The molecule has 220 valence electrons. The van der Waals surface area contributed by atoms with E-state index in [0.717, 1.165) is 26.3 Å².